The Hall–Kier alpha value is -1.91. The number of anilines is 1. The molecule has 19 heavy (non-hydrogen) atoms. The Morgan fingerprint density at radius 1 is 1.26 bits per heavy atom. The molecule has 1 fully saturated rings. The van der Waals surface area contributed by atoms with Gasteiger partial charge in [0.1, 0.15) is 5.75 Å². The third-order valence-electron chi connectivity index (χ3n) is 3.32. The van der Waals surface area contributed by atoms with Gasteiger partial charge in [0.15, 0.2) is 0 Å². The fraction of sp³-hybridized carbons (Fsp3) is 0.500. The first kappa shape index (κ1) is 13.5. The summed E-state index contributed by atoms with van der Waals surface area (Å²) in [6.45, 7) is 5.75. The number of hydrogen-bond donors (Lipinski definition) is 1. The van der Waals surface area contributed by atoms with Gasteiger partial charge in [0.2, 0.25) is 0 Å². The number of hydrogen-bond acceptors (Lipinski definition) is 3. The highest BCUT2D eigenvalue weighted by Gasteiger charge is 2.22. The third kappa shape index (κ3) is 3.10. The number of carbonyl (C=O) groups is 1. The Kier molecular flexibility index (Phi) is 4.49. The largest absolute Gasteiger partial charge is 0.495 e. The summed E-state index contributed by atoms with van der Waals surface area (Å²) in [6.07, 6.45) is 0. The molecule has 0 saturated carbocycles. The van der Waals surface area contributed by atoms with Crippen LogP contribution >= 0.6 is 0 Å². The van der Waals surface area contributed by atoms with E-state index in [1.807, 2.05) is 30.0 Å². The molecular weight excluding hydrogens is 242 g/mol. The first-order chi connectivity index (χ1) is 9.26. The van der Waals surface area contributed by atoms with Crippen molar-refractivity contribution in [3.63, 3.8) is 0 Å². The second kappa shape index (κ2) is 6.31. The van der Waals surface area contributed by atoms with Crippen LogP contribution in [0.4, 0.5) is 10.5 Å². The quantitative estimate of drug-likeness (QED) is 0.900. The average Bonchev–Trinajstić information content (AvgIpc) is 2.47. The van der Waals surface area contributed by atoms with Crippen LogP contribution in [0.1, 0.15) is 6.92 Å². The zero-order valence-corrected chi connectivity index (χ0v) is 11.6. The number of amides is 2. The molecule has 104 valence electrons. The topological polar surface area (TPSA) is 44.8 Å². The van der Waals surface area contributed by atoms with Crippen LogP contribution in [-0.4, -0.2) is 50.8 Å². The summed E-state index contributed by atoms with van der Waals surface area (Å²) < 4.78 is 5.38. The van der Waals surface area contributed by atoms with E-state index in [0.717, 1.165) is 37.6 Å². The summed E-state index contributed by atoms with van der Waals surface area (Å²) in [7, 11) is 1.68. The molecule has 0 aromatic heterocycles. The third-order valence-corrected chi connectivity index (χ3v) is 3.32. The summed E-state index contributed by atoms with van der Waals surface area (Å²) in [4.78, 5) is 15.9. The molecule has 1 aromatic carbocycles. The summed E-state index contributed by atoms with van der Waals surface area (Å²) in [5.74, 6) is 0.883. The highest BCUT2D eigenvalue weighted by atomic mass is 16.5. The molecule has 1 heterocycles. The maximum Gasteiger partial charge on any atom is 0.317 e. The van der Waals surface area contributed by atoms with Crippen LogP contribution < -0.4 is 15.0 Å². The maximum atomic E-state index is 11.7. The Morgan fingerprint density at radius 2 is 1.95 bits per heavy atom. The number of nitrogens with one attached hydrogen (secondary N) is 1. The molecule has 5 heteroatoms. The van der Waals surface area contributed by atoms with Gasteiger partial charge in [-0.1, -0.05) is 12.1 Å². The molecule has 0 atom stereocenters. The van der Waals surface area contributed by atoms with Crippen LogP contribution in [0, 0.1) is 0 Å². The van der Waals surface area contributed by atoms with Crippen molar-refractivity contribution in [3.8, 4) is 5.75 Å². The highest BCUT2D eigenvalue weighted by Crippen LogP contribution is 2.28. The highest BCUT2D eigenvalue weighted by molar-refractivity contribution is 5.74. The minimum atomic E-state index is 0.0298. The van der Waals surface area contributed by atoms with E-state index in [1.165, 1.54) is 0 Å². The number of carbonyl (C=O) groups excluding carboxylic acids is 1. The van der Waals surface area contributed by atoms with E-state index >= 15 is 0 Å². The van der Waals surface area contributed by atoms with E-state index < -0.39 is 0 Å². The van der Waals surface area contributed by atoms with Crippen molar-refractivity contribution < 1.29 is 9.53 Å². The van der Waals surface area contributed by atoms with E-state index in [1.54, 1.807) is 7.11 Å². The van der Waals surface area contributed by atoms with Crippen LogP contribution in [-0.2, 0) is 0 Å². The van der Waals surface area contributed by atoms with Crippen molar-refractivity contribution >= 4 is 11.7 Å². The summed E-state index contributed by atoms with van der Waals surface area (Å²) in [5, 5.41) is 2.84. The molecule has 0 bridgehead atoms. The Bertz CT molecular complexity index is 428. The number of urea groups is 1. The van der Waals surface area contributed by atoms with Crippen LogP contribution in [0.25, 0.3) is 0 Å². The fourth-order valence-corrected chi connectivity index (χ4v) is 2.30. The van der Waals surface area contributed by atoms with Crippen LogP contribution in [0.15, 0.2) is 24.3 Å². The van der Waals surface area contributed by atoms with Gasteiger partial charge in [-0.3, -0.25) is 0 Å². The van der Waals surface area contributed by atoms with Gasteiger partial charge in [-0.05, 0) is 19.1 Å². The first-order valence-corrected chi connectivity index (χ1v) is 6.67. The van der Waals surface area contributed by atoms with Crippen molar-refractivity contribution in [1.29, 1.82) is 0 Å². The monoisotopic (exact) mass is 263 g/mol. The zero-order chi connectivity index (χ0) is 13.7. The van der Waals surface area contributed by atoms with Crippen LogP contribution in [0.3, 0.4) is 0 Å². The van der Waals surface area contributed by atoms with Gasteiger partial charge in [0.05, 0.1) is 12.8 Å². The molecule has 1 aliphatic rings. The van der Waals surface area contributed by atoms with E-state index in [4.69, 9.17) is 4.74 Å². The Balaban J connectivity index is 1.98. The normalized spacial score (nSPS) is 15.3. The van der Waals surface area contributed by atoms with Gasteiger partial charge in [-0.25, -0.2) is 4.79 Å². The van der Waals surface area contributed by atoms with E-state index in [-0.39, 0.29) is 6.03 Å². The number of methoxy groups -OCH3 is 1. The molecule has 0 radical (unpaired) electrons. The number of piperazine rings is 1. The minimum absolute atomic E-state index is 0.0298. The predicted molar refractivity (Wildman–Crippen MR) is 75.9 cm³/mol. The molecule has 2 amide bonds. The Morgan fingerprint density at radius 3 is 2.58 bits per heavy atom. The molecule has 0 spiro atoms. The summed E-state index contributed by atoms with van der Waals surface area (Å²) in [5.41, 5.74) is 1.10. The van der Waals surface area contributed by atoms with Gasteiger partial charge in [0, 0.05) is 32.7 Å². The molecule has 0 unspecified atom stereocenters. The van der Waals surface area contributed by atoms with Crippen molar-refractivity contribution in [2.45, 2.75) is 6.92 Å². The van der Waals surface area contributed by atoms with E-state index in [0.29, 0.717) is 6.54 Å². The van der Waals surface area contributed by atoms with Gasteiger partial charge in [0.25, 0.3) is 0 Å². The van der Waals surface area contributed by atoms with Crippen molar-refractivity contribution in [3.05, 3.63) is 24.3 Å². The molecule has 2 rings (SSSR count). The van der Waals surface area contributed by atoms with Gasteiger partial charge in [-0.15, -0.1) is 0 Å². The van der Waals surface area contributed by atoms with Crippen molar-refractivity contribution in [2.75, 3.05) is 44.7 Å². The molecular formula is C14H21N3O2. The molecule has 1 aliphatic heterocycles. The van der Waals surface area contributed by atoms with Crippen LogP contribution in [0.5, 0.6) is 5.75 Å². The SMILES string of the molecule is CCNC(=O)N1CCN(c2ccccc2OC)CC1. The lowest BCUT2D eigenvalue weighted by atomic mass is 10.2. The molecule has 5 nitrogen and oxygen atoms in total. The van der Waals surface area contributed by atoms with Gasteiger partial charge in [-0.2, -0.15) is 0 Å². The second-order valence-corrected chi connectivity index (χ2v) is 4.48. The number of nitrogens with zero attached hydrogens (tertiary/aromatic N) is 2. The summed E-state index contributed by atoms with van der Waals surface area (Å²) >= 11 is 0. The first-order valence-electron chi connectivity index (χ1n) is 6.67. The number of benzene rings is 1. The second-order valence-electron chi connectivity index (χ2n) is 4.48. The smallest absolute Gasteiger partial charge is 0.317 e. The van der Waals surface area contributed by atoms with Gasteiger partial charge < -0.3 is 19.9 Å². The minimum Gasteiger partial charge on any atom is -0.495 e. The lowest BCUT2D eigenvalue weighted by Gasteiger charge is -2.36. The van der Waals surface area contributed by atoms with Gasteiger partial charge >= 0.3 is 6.03 Å². The molecule has 1 N–H and O–H groups in total. The molecule has 0 aliphatic carbocycles. The summed E-state index contributed by atoms with van der Waals surface area (Å²) in [6, 6.07) is 8.02. The maximum absolute atomic E-state index is 11.7. The lowest BCUT2D eigenvalue weighted by molar-refractivity contribution is 0.195. The average molecular weight is 263 g/mol. The number of para-hydroxylation sites is 2. The molecule has 1 saturated heterocycles. The lowest BCUT2D eigenvalue weighted by Crippen LogP contribution is -2.51. The van der Waals surface area contributed by atoms with Crippen molar-refractivity contribution in [2.24, 2.45) is 0 Å². The molecule has 1 aromatic rings. The fourth-order valence-electron chi connectivity index (χ4n) is 2.30. The zero-order valence-electron chi connectivity index (χ0n) is 11.6. The number of rotatable bonds is 3. The van der Waals surface area contributed by atoms with Crippen molar-refractivity contribution in [1.82, 2.24) is 10.2 Å². The van der Waals surface area contributed by atoms with E-state index in [9.17, 15) is 4.79 Å². The van der Waals surface area contributed by atoms with E-state index in [2.05, 4.69) is 16.3 Å². The predicted octanol–water partition coefficient (Wildman–Crippen LogP) is 1.55. The Labute approximate surface area is 114 Å². The number of ether oxygens (including phenoxy) is 1. The standard InChI is InChI=1S/C14H21N3O2/c1-3-15-14(18)17-10-8-16(9-11-17)12-6-4-5-7-13(12)19-2/h4-7H,3,8-11H2,1-2H3,(H,15,18). The van der Waals surface area contributed by atoms with Crippen LogP contribution in [0.2, 0.25) is 0 Å².